The molecule has 0 radical (unpaired) electrons. The molecule has 2 aromatic heterocycles. The van der Waals surface area contributed by atoms with Gasteiger partial charge < -0.3 is 16.8 Å². The molecule has 124 valence electrons. The summed E-state index contributed by atoms with van der Waals surface area (Å²) in [7, 11) is 0. The zero-order valence-corrected chi connectivity index (χ0v) is 14.5. The number of nitrogens with one attached hydrogen (secondary N) is 1. The monoisotopic (exact) mass is 360 g/mol. The van der Waals surface area contributed by atoms with Crippen LogP contribution < -0.4 is 16.8 Å². The van der Waals surface area contributed by atoms with Gasteiger partial charge in [-0.15, -0.1) is 0 Å². The molecule has 0 fully saturated rings. The van der Waals surface area contributed by atoms with Crippen LogP contribution in [0.1, 0.15) is 13.3 Å². The molecule has 3 rings (SSSR count). The Morgan fingerprint density at radius 3 is 2.62 bits per heavy atom. The van der Waals surface area contributed by atoms with Crippen molar-refractivity contribution >= 4 is 56.0 Å². The number of nitrogens with two attached hydrogens (primary N) is 2. The van der Waals surface area contributed by atoms with Gasteiger partial charge in [-0.05, 0) is 18.6 Å². The largest absolute Gasteiger partial charge is 0.383 e. The molecule has 0 aliphatic carbocycles. The van der Waals surface area contributed by atoms with E-state index in [-0.39, 0.29) is 22.8 Å². The summed E-state index contributed by atoms with van der Waals surface area (Å²) in [6, 6.07) is 9.22. The summed E-state index contributed by atoms with van der Waals surface area (Å²) < 4.78 is 1.03. The van der Waals surface area contributed by atoms with Gasteiger partial charge >= 0.3 is 0 Å². The van der Waals surface area contributed by atoms with Crippen molar-refractivity contribution in [3.05, 3.63) is 30.3 Å². The second-order valence-electron chi connectivity index (χ2n) is 4.99. The third kappa shape index (κ3) is 3.74. The first kappa shape index (κ1) is 16.5. The summed E-state index contributed by atoms with van der Waals surface area (Å²) >= 11 is 2.67. The van der Waals surface area contributed by atoms with E-state index >= 15 is 0 Å². The Morgan fingerprint density at radius 1 is 1.25 bits per heavy atom. The van der Waals surface area contributed by atoms with Crippen molar-refractivity contribution in [1.29, 1.82) is 0 Å². The lowest BCUT2D eigenvalue weighted by atomic mass is 10.3. The van der Waals surface area contributed by atoms with Gasteiger partial charge in [0.15, 0.2) is 10.3 Å². The number of aromatic nitrogens is 3. The number of carbonyl (C=O) groups excluding carboxylic acids is 1. The standard InChI is InChI=1S/C15H16N6OS2/c1-2-9(23-15-19-11(16)7-12(17)20-15)13(22)21-14-18-8-5-3-4-6-10(8)24-14/h3-7,9H,2H2,1H3,(H,18,21,22)(H4,16,17,19,20)/t9-/m0/s1. The SMILES string of the molecule is CC[C@H](Sc1nc(N)cc(N)n1)C(=O)Nc1nc2ccccc2s1. The van der Waals surface area contributed by atoms with Crippen molar-refractivity contribution < 1.29 is 4.79 Å². The van der Waals surface area contributed by atoms with E-state index < -0.39 is 0 Å². The summed E-state index contributed by atoms with van der Waals surface area (Å²) in [4.78, 5) is 25.1. The molecule has 9 heteroatoms. The van der Waals surface area contributed by atoms with Crippen LogP contribution >= 0.6 is 23.1 Å². The van der Waals surface area contributed by atoms with Gasteiger partial charge in [0, 0.05) is 6.07 Å². The number of benzene rings is 1. The average molecular weight is 360 g/mol. The van der Waals surface area contributed by atoms with Gasteiger partial charge in [0.25, 0.3) is 0 Å². The number of anilines is 3. The predicted molar refractivity (Wildman–Crippen MR) is 99.0 cm³/mol. The van der Waals surface area contributed by atoms with Crippen molar-refractivity contribution in [2.24, 2.45) is 0 Å². The highest BCUT2D eigenvalue weighted by Gasteiger charge is 2.21. The summed E-state index contributed by atoms with van der Waals surface area (Å²) in [5.74, 6) is 0.420. The first-order chi connectivity index (χ1) is 11.5. The smallest absolute Gasteiger partial charge is 0.239 e. The third-order valence-electron chi connectivity index (χ3n) is 3.18. The number of nitrogen functional groups attached to an aromatic ring is 2. The van der Waals surface area contributed by atoms with Crippen LogP contribution in [-0.4, -0.2) is 26.1 Å². The quantitative estimate of drug-likeness (QED) is 0.472. The number of para-hydroxylation sites is 1. The number of rotatable bonds is 5. The molecular formula is C15H16N6OS2. The highest BCUT2D eigenvalue weighted by molar-refractivity contribution is 8.00. The van der Waals surface area contributed by atoms with Gasteiger partial charge in [0.2, 0.25) is 5.91 Å². The molecule has 1 aromatic carbocycles. The maximum absolute atomic E-state index is 12.5. The molecular weight excluding hydrogens is 344 g/mol. The zero-order chi connectivity index (χ0) is 17.1. The van der Waals surface area contributed by atoms with Gasteiger partial charge in [-0.25, -0.2) is 15.0 Å². The van der Waals surface area contributed by atoms with Crippen LogP contribution in [0.25, 0.3) is 10.2 Å². The second-order valence-corrected chi connectivity index (χ2v) is 7.19. The Labute approximate surface area is 146 Å². The molecule has 0 saturated carbocycles. The van der Waals surface area contributed by atoms with E-state index in [1.807, 2.05) is 31.2 Å². The molecule has 5 N–H and O–H groups in total. The first-order valence-electron chi connectivity index (χ1n) is 7.28. The van der Waals surface area contributed by atoms with E-state index in [4.69, 9.17) is 11.5 Å². The van der Waals surface area contributed by atoms with Crippen LogP contribution in [0.15, 0.2) is 35.5 Å². The van der Waals surface area contributed by atoms with E-state index in [1.54, 1.807) is 0 Å². The van der Waals surface area contributed by atoms with Crippen LogP contribution in [0.5, 0.6) is 0 Å². The van der Waals surface area contributed by atoms with E-state index in [0.29, 0.717) is 16.7 Å². The first-order valence-corrected chi connectivity index (χ1v) is 8.98. The lowest BCUT2D eigenvalue weighted by Crippen LogP contribution is -2.24. The average Bonchev–Trinajstić information content (AvgIpc) is 2.93. The van der Waals surface area contributed by atoms with E-state index in [0.717, 1.165) is 10.2 Å². The normalized spacial score (nSPS) is 12.2. The van der Waals surface area contributed by atoms with Crippen molar-refractivity contribution in [2.75, 3.05) is 16.8 Å². The topological polar surface area (TPSA) is 120 Å². The van der Waals surface area contributed by atoms with Crippen LogP contribution in [0.2, 0.25) is 0 Å². The van der Waals surface area contributed by atoms with Gasteiger partial charge in [-0.1, -0.05) is 42.2 Å². The highest BCUT2D eigenvalue weighted by atomic mass is 32.2. The Morgan fingerprint density at radius 2 is 1.96 bits per heavy atom. The lowest BCUT2D eigenvalue weighted by molar-refractivity contribution is -0.115. The van der Waals surface area contributed by atoms with Gasteiger partial charge in [-0.2, -0.15) is 0 Å². The second kappa shape index (κ2) is 7.02. The number of amides is 1. The minimum absolute atomic E-state index is 0.147. The summed E-state index contributed by atoms with van der Waals surface area (Å²) in [6.07, 6.45) is 0.611. The number of nitrogens with zero attached hydrogens (tertiary/aromatic N) is 3. The molecule has 0 saturated heterocycles. The fourth-order valence-electron chi connectivity index (χ4n) is 2.08. The minimum Gasteiger partial charge on any atom is -0.383 e. The van der Waals surface area contributed by atoms with Crippen molar-refractivity contribution in [3.8, 4) is 0 Å². The van der Waals surface area contributed by atoms with E-state index in [2.05, 4.69) is 20.3 Å². The fraction of sp³-hybridized carbons (Fsp3) is 0.200. The molecule has 0 bridgehead atoms. The number of thiazole rings is 1. The molecule has 0 aliphatic heterocycles. The van der Waals surface area contributed by atoms with Crippen LogP contribution in [0.3, 0.4) is 0 Å². The maximum atomic E-state index is 12.5. The molecule has 0 aliphatic rings. The van der Waals surface area contributed by atoms with Gasteiger partial charge in [0.05, 0.1) is 15.5 Å². The van der Waals surface area contributed by atoms with Gasteiger partial charge in [0.1, 0.15) is 11.6 Å². The number of carbonyl (C=O) groups is 1. The number of hydrogen-bond acceptors (Lipinski definition) is 8. The van der Waals surface area contributed by atoms with Crippen molar-refractivity contribution in [2.45, 2.75) is 23.8 Å². The molecule has 1 atom stereocenters. The fourth-order valence-corrected chi connectivity index (χ4v) is 3.85. The van der Waals surface area contributed by atoms with Crippen LogP contribution in [0, 0.1) is 0 Å². The Kier molecular flexibility index (Phi) is 4.81. The maximum Gasteiger partial charge on any atom is 0.239 e. The number of thioether (sulfide) groups is 1. The third-order valence-corrected chi connectivity index (χ3v) is 5.36. The summed E-state index contributed by atoms with van der Waals surface area (Å²) in [6.45, 7) is 1.92. The van der Waals surface area contributed by atoms with Crippen molar-refractivity contribution in [1.82, 2.24) is 15.0 Å². The summed E-state index contributed by atoms with van der Waals surface area (Å²) in [5.41, 5.74) is 12.2. The molecule has 3 aromatic rings. The Balaban J connectivity index is 1.73. The Bertz CT molecular complexity index is 828. The van der Waals surface area contributed by atoms with E-state index in [1.165, 1.54) is 29.2 Å². The zero-order valence-electron chi connectivity index (χ0n) is 12.9. The van der Waals surface area contributed by atoms with Crippen LogP contribution in [-0.2, 0) is 4.79 Å². The minimum atomic E-state index is -0.363. The van der Waals surface area contributed by atoms with E-state index in [9.17, 15) is 4.79 Å². The number of fused-ring (bicyclic) bond motifs is 1. The van der Waals surface area contributed by atoms with Crippen LogP contribution in [0.4, 0.5) is 16.8 Å². The molecule has 1 amide bonds. The summed E-state index contributed by atoms with van der Waals surface area (Å²) in [5, 5.41) is 3.46. The molecule has 7 nitrogen and oxygen atoms in total. The molecule has 0 spiro atoms. The lowest BCUT2D eigenvalue weighted by Gasteiger charge is -2.12. The molecule has 2 heterocycles. The number of hydrogen-bond donors (Lipinski definition) is 3. The van der Waals surface area contributed by atoms with Gasteiger partial charge in [-0.3, -0.25) is 4.79 Å². The predicted octanol–water partition coefficient (Wildman–Crippen LogP) is 2.76. The highest BCUT2D eigenvalue weighted by Crippen LogP contribution is 2.28. The molecule has 24 heavy (non-hydrogen) atoms. The van der Waals surface area contributed by atoms with Crippen molar-refractivity contribution in [3.63, 3.8) is 0 Å². The Hall–Kier alpha value is -2.39. The molecule has 0 unspecified atom stereocenters.